The highest BCUT2D eigenvalue weighted by atomic mass is 35.5. The number of hydrogen-bond donors (Lipinski definition) is 1. The Morgan fingerprint density at radius 1 is 1.40 bits per heavy atom. The van der Waals surface area contributed by atoms with E-state index in [1.165, 1.54) is 24.0 Å². The van der Waals surface area contributed by atoms with Crippen LogP contribution in [0.3, 0.4) is 0 Å². The van der Waals surface area contributed by atoms with Gasteiger partial charge < -0.3 is 10.1 Å². The number of rotatable bonds is 6. The Kier molecular flexibility index (Phi) is 5.38. The van der Waals surface area contributed by atoms with Crippen molar-refractivity contribution in [3.8, 4) is 0 Å². The van der Waals surface area contributed by atoms with Crippen LogP contribution in [0.5, 0.6) is 0 Å². The van der Waals surface area contributed by atoms with Gasteiger partial charge in [-0.05, 0) is 18.4 Å². The fraction of sp³-hybridized carbons (Fsp3) is 0.286. The van der Waals surface area contributed by atoms with Crippen molar-refractivity contribution in [1.29, 1.82) is 0 Å². The second-order valence-corrected chi connectivity index (χ2v) is 5.50. The number of nitrogens with zero attached hydrogens (tertiary/aromatic N) is 1. The molecular weight excluding hydrogens is 296 g/mol. The summed E-state index contributed by atoms with van der Waals surface area (Å²) >= 11 is 7.10. The van der Waals surface area contributed by atoms with Crippen molar-refractivity contribution < 1.29 is 9.53 Å². The van der Waals surface area contributed by atoms with Crippen LogP contribution in [0, 0.1) is 0 Å². The van der Waals surface area contributed by atoms with Crippen molar-refractivity contribution >= 4 is 34.0 Å². The first-order valence-corrected chi connectivity index (χ1v) is 7.42. The first-order valence-electron chi connectivity index (χ1n) is 6.23. The predicted octanol–water partition coefficient (Wildman–Crippen LogP) is 3.63. The SMILES string of the molecule is COC(=O)c1sc(NCCCc2ccccc2)nc1Cl. The van der Waals surface area contributed by atoms with Crippen LogP contribution in [0.15, 0.2) is 30.3 Å². The van der Waals surface area contributed by atoms with Crippen molar-refractivity contribution in [3.05, 3.63) is 45.9 Å². The van der Waals surface area contributed by atoms with Crippen LogP contribution in [0.1, 0.15) is 21.7 Å². The fourth-order valence-corrected chi connectivity index (χ4v) is 2.86. The summed E-state index contributed by atoms with van der Waals surface area (Å²) in [6.07, 6.45) is 1.98. The number of carbonyl (C=O) groups excluding carboxylic acids is 1. The molecule has 106 valence electrons. The summed E-state index contributed by atoms with van der Waals surface area (Å²) < 4.78 is 4.63. The van der Waals surface area contributed by atoms with Gasteiger partial charge in [-0.15, -0.1) is 0 Å². The van der Waals surface area contributed by atoms with E-state index in [-0.39, 0.29) is 5.15 Å². The Morgan fingerprint density at radius 3 is 2.85 bits per heavy atom. The highest BCUT2D eigenvalue weighted by Gasteiger charge is 2.16. The highest BCUT2D eigenvalue weighted by Crippen LogP contribution is 2.27. The molecule has 0 unspecified atom stereocenters. The molecule has 2 aromatic rings. The molecule has 0 spiro atoms. The molecule has 0 aliphatic rings. The zero-order chi connectivity index (χ0) is 14.4. The van der Waals surface area contributed by atoms with E-state index in [0.29, 0.717) is 10.0 Å². The second-order valence-electron chi connectivity index (χ2n) is 4.15. The number of anilines is 1. The number of esters is 1. The summed E-state index contributed by atoms with van der Waals surface area (Å²) in [6.45, 7) is 0.777. The van der Waals surface area contributed by atoms with Gasteiger partial charge >= 0.3 is 5.97 Å². The summed E-state index contributed by atoms with van der Waals surface area (Å²) in [4.78, 5) is 15.8. The van der Waals surface area contributed by atoms with Crippen LogP contribution in [-0.2, 0) is 11.2 Å². The third-order valence-corrected chi connectivity index (χ3v) is 4.10. The van der Waals surface area contributed by atoms with Gasteiger partial charge in [0.2, 0.25) is 0 Å². The third-order valence-electron chi connectivity index (χ3n) is 2.72. The maximum absolute atomic E-state index is 11.4. The topological polar surface area (TPSA) is 51.2 Å². The van der Waals surface area contributed by atoms with E-state index in [2.05, 4.69) is 27.2 Å². The Bertz CT molecular complexity index is 572. The molecule has 0 saturated heterocycles. The van der Waals surface area contributed by atoms with Crippen LogP contribution >= 0.6 is 22.9 Å². The van der Waals surface area contributed by atoms with Crippen molar-refractivity contribution in [2.45, 2.75) is 12.8 Å². The molecule has 0 atom stereocenters. The lowest BCUT2D eigenvalue weighted by Gasteiger charge is -2.02. The fourth-order valence-electron chi connectivity index (χ4n) is 1.73. The summed E-state index contributed by atoms with van der Waals surface area (Å²) in [5, 5.41) is 4.00. The van der Waals surface area contributed by atoms with E-state index in [0.717, 1.165) is 19.4 Å². The maximum Gasteiger partial charge on any atom is 0.351 e. The lowest BCUT2D eigenvalue weighted by molar-refractivity contribution is 0.0606. The summed E-state index contributed by atoms with van der Waals surface area (Å²) in [5.74, 6) is -0.454. The van der Waals surface area contributed by atoms with Gasteiger partial charge in [0.1, 0.15) is 0 Å². The average molecular weight is 311 g/mol. The number of aryl methyl sites for hydroxylation is 1. The molecule has 2 rings (SSSR count). The molecule has 1 aromatic carbocycles. The van der Waals surface area contributed by atoms with E-state index in [1.54, 1.807) is 0 Å². The zero-order valence-corrected chi connectivity index (χ0v) is 12.6. The molecule has 20 heavy (non-hydrogen) atoms. The predicted molar refractivity (Wildman–Crippen MR) is 81.7 cm³/mol. The van der Waals surface area contributed by atoms with Gasteiger partial charge in [-0.3, -0.25) is 0 Å². The lowest BCUT2D eigenvalue weighted by Crippen LogP contribution is -2.02. The van der Waals surface area contributed by atoms with Crippen LogP contribution in [0.25, 0.3) is 0 Å². The standard InChI is InChI=1S/C14H15ClN2O2S/c1-19-13(18)11-12(15)17-14(20-11)16-9-5-8-10-6-3-2-4-7-10/h2-4,6-7H,5,8-9H2,1H3,(H,16,17). The first-order chi connectivity index (χ1) is 9.70. The van der Waals surface area contributed by atoms with Gasteiger partial charge in [-0.1, -0.05) is 53.3 Å². The van der Waals surface area contributed by atoms with Gasteiger partial charge in [0.15, 0.2) is 15.2 Å². The number of carbonyl (C=O) groups is 1. The Labute approximate surface area is 126 Å². The van der Waals surface area contributed by atoms with Crippen molar-refractivity contribution in [1.82, 2.24) is 4.98 Å². The van der Waals surface area contributed by atoms with Gasteiger partial charge in [0, 0.05) is 6.54 Å². The van der Waals surface area contributed by atoms with Crippen LogP contribution < -0.4 is 5.32 Å². The van der Waals surface area contributed by atoms with Crippen molar-refractivity contribution in [2.75, 3.05) is 19.0 Å². The van der Waals surface area contributed by atoms with Gasteiger partial charge in [-0.25, -0.2) is 9.78 Å². The lowest BCUT2D eigenvalue weighted by atomic mass is 10.1. The molecule has 0 aliphatic heterocycles. The van der Waals surface area contributed by atoms with Crippen molar-refractivity contribution in [3.63, 3.8) is 0 Å². The van der Waals surface area contributed by atoms with Crippen LogP contribution in [0.2, 0.25) is 5.15 Å². The molecule has 1 heterocycles. The van der Waals surface area contributed by atoms with Gasteiger partial charge in [0.25, 0.3) is 0 Å². The number of thiazole rings is 1. The first kappa shape index (κ1) is 14.8. The molecule has 1 aromatic heterocycles. The van der Waals surface area contributed by atoms with E-state index >= 15 is 0 Å². The minimum absolute atomic E-state index is 0.187. The molecule has 0 fully saturated rings. The van der Waals surface area contributed by atoms with E-state index in [9.17, 15) is 4.79 Å². The number of nitrogens with one attached hydrogen (secondary N) is 1. The molecule has 0 aliphatic carbocycles. The normalized spacial score (nSPS) is 10.3. The zero-order valence-electron chi connectivity index (χ0n) is 11.1. The minimum atomic E-state index is -0.454. The Morgan fingerprint density at radius 2 is 2.15 bits per heavy atom. The van der Waals surface area contributed by atoms with E-state index in [4.69, 9.17) is 11.6 Å². The number of methoxy groups -OCH3 is 1. The van der Waals surface area contributed by atoms with Crippen LogP contribution in [0.4, 0.5) is 5.13 Å². The van der Waals surface area contributed by atoms with E-state index in [1.807, 2.05) is 18.2 Å². The maximum atomic E-state index is 11.4. The second kappa shape index (κ2) is 7.26. The van der Waals surface area contributed by atoms with Crippen LogP contribution in [-0.4, -0.2) is 24.6 Å². The van der Waals surface area contributed by atoms with Gasteiger partial charge in [0.05, 0.1) is 7.11 Å². The third kappa shape index (κ3) is 3.95. The Balaban J connectivity index is 1.81. The molecule has 6 heteroatoms. The molecule has 0 bridgehead atoms. The molecule has 0 radical (unpaired) electrons. The molecular formula is C14H15ClN2O2S. The monoisotopic (exact) mass is 310 g/mol. The quantitative estimate of drug-likeness (QED) is 0.654. The highest BCUT2D eigenvalue weighted by molar-refractivity contribution is 7.18. The van der Waals surface area contributed by atoms with E-state index < -0.39 is 5.97 Å². The molecule has 4 nitrogen and oxygen atoms in total. The molecule has 1 N–H and O–H groups in total. The number of halogens is 1. The van der Waals surface area contributed by atoms with Gasteiger partial charge in [-0.2, -0.15) is 0 Å². The molecule has 0 amide bonds. The summed E-state index contributed by atoms with van der Waals surface area (Å²) in [7, 11) is 1.32. The minimum Gasteiger partial charge on any atom is -0.465 e. The molecule has 0 saturated carbocycles. The smallest absolute Gasteiger partial charge is 0.351 e. The number of aromatic nitrogens is 1. The largest absolute Gasteiger partial charge is 0.465 e. The summed E-state index contributed by atoms with van der Waals surface area (Å²) in [6, 6.07) is 10.3. The average Bonchev–Trinajstić information content (AvgIpc) is 2.85. The number of ether oxygens (including phenoxy) is 1. The van der Waals surface area contributed by atoms with Crippen molar-refractivity contribution in [2.24, 2.45) is 0 Å². The Hall–Kier alpha value is -1.59. The summed E-state index contributed by atoms with van der Waals surface area (Å²) in [5.41, 5.74) is 1.31. The number of hydrogen-bond acceptors (Lipinski definition) is 5. The number of benzene rings is 1.